The molecule has 0 aliphatic rings. The van der Waals surface area contributed by atoms with Crippen LogP contribution in [0.15, 0.2) is 6.07 Å². The smallest absolute Gasteiger partial charge is 0.404 e. The summed E-state index contributed by atoms with van der Waals surface area (Å²) in [6.45, 7) is 6.68. The van der Waals surface area contributed by atoms with Crippen molar-refractivity contribution >= 4 is 11.9 Å². The molecule has 0 saturated carbocycles. The van der Waals surface area contributed by atoms with Gasteiger partial charge in [0.2, 0.25) is 0 Å². The van der Waals surface area contributed by atoms with Gasteiger partial charge in [-0.3, -0.25) is 0 Å². The van der Waals surface area contributed by atoms with E-state index in [1.54, 1.807) is 0 Å². The van der Waals surface area contributed by atoms with Crippen molar-refractivity contribution in [3.63, 3.8) is 0 Å². The van der Waals surface area contributed by atoms with E-state index in [-0.39, 0.29) is 12.5 Å². The minimum Gasteiger partial charge on any atom is -0.448 e. The molecule has 3 N–H and O–H groups in total. The van der Waals surface area contributed by atoms with Crippen LogP contribution in [0, 0.1) is 6.92 Å². The Hall–Kier alpha value is -1.85. The van der Waals surface area contributed by atoms with Crippen LogP contribution in [0.1, 0.15) is 31.3 Å². The van der Waals surface area contributed by atoms with Gasteiger partial charge in [-0.15, -0.1) is 0 Å². The topological polar surface area (TPSA) is 90.1 Å². The van der Waals surface area contributed by atoms with E-state index in [2.05, 4.69) is 20.0 Å². The van der Waals surface area contributed by atoms with Gasteiger partial charge in [-0.1, -0.05) is 13.8 Å². The van der Waals surface area contributed by atoms with Crippen LogP contribution in [0.2, 0.25) is 0 Å². The number of nitrogens with two attached hydrogens (primary N) is 1. The molecule has 0 radical (unpaired) electrons. The van der Waals surface area contributed by atoms with Crippen molar-refractivity contribution in [1.82, 2.24) is 9.97 Å². The molecule has 6 heteroatoms. The first kappa shape index (κ1) is 13.2. The maximum Gasteiger partial charge on any atom is 0.404 e. The van der Waals surface area contributed by atoms with Crippen molar-refractivity contribution in [3.05, 3.63) is 17.6 Å². The Kier molecular flexibility index (Phi) is 4.68. The molecule has 17 heavy (non-hydrogen) atoms. The number of rotatable bonds is 5. The van der Waals surface area contributed by atoms with E-state index >= 15 is 0 Å². The van der Waals surface area contributed by atoms with Gasteiger partial charge in [0.05, 0.1) is 6.54 Å². The summed E-state index contributed by atoms with van der Waals surface area (Å²) in [6.07, 6.45) is -0.770. The largest absolute Gasteiger partial charge is 0.448 e. The Bertz CT molecular complexity index is 393. The second-order valence-electron chi connectivity index (χ2n) is 4.00. The van der Waals surface area contributed by atoms with Gasteiger partial charge >= 0.3 is 6.09 Å². The van der Waals surface area contributed by atoms with E-state index in [0.717, 1.165) is 17.3 Å². The molecule has 1 heterocycles. The summed E-state index contributed by atoms with van der Waals surface area (Å²) in [5, 5.41) is 3.05. The lowest BCUT2D eigenvalue weighted by atomic mass is 10.2. The Morgan fingerprint density at radius 3 is 2.82 bits per heavy atom. The molecule has 1 amide bonds. The predicted molar refractivity (Wildman–Crippen MR) is 64.9 cm³/mol. The van der Waals surface area contributed by atoms with Gasteiger partial charge in [-0.25, -0.2) is 14.8 Å². The minimum absolute atomic E-state index is 0.218. The third-order valence-electron chi connectivity index (χ3n) is 2.04. The number of carbonyl (C=O) groups excluding carboxylic acids is 1. The third-order valence-corrected chi connectivity index (χ3v) is 2.04. The number of amides is 1. The fraction of sp³-hybridized carbons (Fsp3) is 0.545. The molecule has 1 aromatic rings. The first-order valence-electron chi connectivity index (χ1n) is 5.50. The van der Waals surface area contributed by atoms with E-state index < -0.39 is 6.09 Å². The van der Waals surface area contributed by atoms with Gasteiger partial charge in [0, 0.05) is 17.7 Å². The minimum atomic E-state index is -0.770. The molecule has 0 aromatic carbocycles. The number of hydrogen-bond acceptors (Lipinski definition) is 5. The molecule has 1 rings (SSSR count). The molecule has 0 saturated heterocycles. The molecule has 0 aliphatic heterocycles. The highest BCUT2D eigenvalue weighted by molar-refractivity contribution is 5.64. The number of nitrogens with zero attached hydrogens (tertiary/aromatic N) is 2. The van der Waals surface area contributed by atoms with Crippen LogP contribution in [0.3, 0.4) is 0 Å². The average molecular weight is 238 g/mol. The van der Waals surface area contributed by atoms with Gasteiger partial charge in [-0.2, -0.15) is 0 Å². The number of aryl methyl sites for hydroxylation is 1. The van der Waals surface area contributed by atoms with Gasteiger partial charge in [0.25, 0.3) is 0 Å². The van der Waals surface area contributed by atoms with Gasteiger partial charge in [-0.05, 0) is 6.92 Å². The monoisotopic (exact) mass is 238 g/mol. The summed E-state index contributed by atoms with van der Waals surface area (Å²) in [5.74, 6) is 1.80. The van der Waals surface area contributed by atoms with E-state index in [0.29, 0.717) is 6.54 Å². The molecule has 0 fully saturated rings. The molecular formula is C11H18N4O2. The first-order valence-corrected chi connectivity index (χ1v) is 5.50. The Morgan fingerprint density at radius 2 is 2.24 bits per heavy atom. The molecule has 0 atom stereocenters. The van der Waals surface area contributed by atoms with Crippen molar-refractivity contribution in [1.29, 1.82) is 0 Å². The third kappa shape index (κ3) is 4.67. The SMILES string of the molecule is Cc1cc(NCCOC(N)=O)nc(C(C)C)n1. The van der Waals surface area contributed by atoms with E-state index in [1.807, 2.05) is 26.8 Å². The summed E-state index contributed by atoms with van der Waals surface area (Å²) in [7, 11) is 0. The molecule has 0 unspecified atom stereocenters. The zero-order chi connectivity index (χ0) is 12.8. The number of anilines is 1. The highest BCUT2D eigenvalue weighted by Crippen LogP contribution is 2.13. The van der Waals surface area contributed by atoms with Gasteiger partial charge < -0.3 is 15.8 Å². The van der Waals surface area contributed by atoms with Crippen molar-refractivity contribution in [2.75, 3.05) is 18.5 Å². The lowest BCUT2D eigenvalue weighted by molar-refractivity contribution is 0.161. The predicted octanol–water partition coefficient (Wildman–Crippen LogP) is 1.42. The number of hydrogen-bond donors (Lipinski definition) is 2. The van der Waals surface area contributed by atoms with Crippen molar-refractivity contribution in [2.45, 2.75) is 26.7 Å². The molecule has 0 bridgehead atoms. The number of carbonyl (C=O) groups is 1. The van der Waals surface area contributed by atoms with Crippen LogP contribution in [-0.2, 0) is 4.74 Å². The molecular weight excluding hydrogens is 220 g/mol. The highest BCUT2D eigenvalue weighted by Gasteiger charge is 2.05. The van der Waals surface area contributed by atoms with Crippen LogP contribution in [-0.4, -0.2) is 29.2 Å². The molecule has 0 aliphatic carbocycles. The standard InChI is InChI=1S/C11H18N4O2/c1-7(2)10-14-8(3)6-9(15-10)13-4-5-17-11(12)16/h6-7H,4-5H2,1-3H3,(H2,12,16)(H,13,14,15). The van der Waals surface area contributed by atoms with Crippen LogP contribution in [0.5, 0.6) is 0 Å². The summed E-state index contributed by atoms with van der Waals surface area (Å²) in [5.41, 5.74) is 5.75. The van der Waals surface area contributed by atoms with Crippen LogP contribution >= 0.6 is 0 Å². The lowest BCUT2D eigenvalue weighted by Gasteiger charge is -2.10. The second kappa shape index (κ2) is 6.03. The van der Waals surface area contributed by atoms with Gasteiger partial charge in [0.1, 0.15) is 18.2 Å². The molecule has 1 aromatic heterocycles. The van der Waals surface area contributed by atoms with Crippen molar-refractivity contribution < 1.29 is 9.53 Å². The van der Waals surface area contributed by atoms with Crippen molar-refractivity contribution in [3.8, 4) is 0 Å². The summed E-state index contributed by atoms with van der Waals surface area (Å²) in [6, 6.07) is 1.84. The Balaban J connectivity index is 2.55. The van der Waals surface area contributed by atoms with E-state index in [1.165, 1.54) is 0 Å². The first-order chi connectivity index (χ1) is 7.99. The maximum absolute atomic E-state index is 10.4. The van der Waals surface area contributed by atoms with Crippen LogP contribution in [0.4, 0.5) is 10.6 Å². The fourth-order valence-electron chi connectivity index (χ4n) is 1.27. The molecule has 0 spiro atoms. The zero-order valence-electron chi connectivity index (χ0n) is 10.4. The van der Waals surface area contributed by atoms with Crippen LogP contribution in [0.25, 0.3) is 0 Å². The van der Waals surface area contributed by atoms with E-state index in [9.17, 15) is 4.79 Å². The quantitative estimate of drug-likeness (QED) is 0.757. The van der Waals surface area contributed by atoms with Crippen LogP contribution < -0.4 is 11.1 Å². The number of nitrogens with one attached hydrogen (secondary N) is 1. The lowest BCUT2D eigenvalue weighted by Crippen LogP contribution is -2.19. The Morgan fingerprint density at radius 1 is 1.53 bits per heavy atom. The number of ether oxygens (including phenoxy) is 1. The molecule has 94 valence electrons. The molecule has 6 nitrogen and oxygen atoms in total. The summed E-state index contributed by atoms with van der Waals surface area (Å²) in [4.78, 5) is 19.0. The second-order valence-corrected chi connectivity index (χ2v) is 4.00. The van der Waals surface area contributed by atoms with Gasteiger partial charge in [0.15, 0.2) is 0 Å². The average Bonchev–Trinajstić information content (AvgIpc) is 2.23. The Labute approximate surface area is 101 Å². The maximum atomic E-state index is 10.4. The summed E-state index contributed by atoms with van der Waals surface area (Å²) < 4.78 is 4.60. The zero-order valence-corrected chi connectivity index (χ0v) is 10.4. The van der Waals surface area contributed by atoms with E-state index in [4.69, 9.17) is 5.73 Å². The number of aromatic nitrogens is 2. The summed E-state index contributed by atoms with van der Waals surface area (Å²) >= 11 is 0. The normalized spacial score (nSPS) is 10.4. The fourth-order valence-corrected chi connectivity index (χ4v) is 1.27. The van der Waals surface area contributed by atoms with Crippen molar-refractivity contribution in [2.24, 2.45) is 5.73 Å². The highest BCUT2D eigenvalue weighted by atomic mass is 16.5. The number of primary amides is 1.